The van der Waals surface area contributed by atoms with E-state index in [1.165, 1.54) is 38.8 Å². The van der Waals surface area contributed by atoms with Crippen LogP contribution in [0.4, 0.5) is 0 Å². The van der Waals surface area contributed by atoms with Gasteiger partial charge in [-0.15, -0.1) is 0 Å². The number of hydrogen-bond donors (Lipinski definition) is 6. The van der Waals surface area contributed by atoms with Crippen molar-refractivity contribution in [3.63, 3.8) is 0 Å². The van der Waals surface area contributed by atoms with E-state index in [1.54, 1.807) is 42.5 Å². The van der Waals surface area contributed by atoms with Crippen molar-refractivity contribution in [2.45, 2.75) is 57.7 Å². The number of rotatable bonds is 11. The number of hydrogen-bond acceptors (Lipinski definition) is 8. The van der Waals surface area contributed by atoms with Gasteiger partial charge in [0.25, 0.3) is 11.8 Å². The third-order valence-electron chi connectivity index (χ3n) is 10.3. The van der Waals surface area contributed by atoms with Gasteiger partial charge in [-0.1, -0.05) is 79.5 Å². The second-order valence-corrected chi connectivity index (χ2v) is 15.1. The van der Waals surface area contributed by atoms with Crippen molar-refractivity contribution >= 4 is 52.8 Å². The first-order valence-electron chi connectivity index (χ1n) is 19.7. The van der Waals surface area contributed by atoms with Crippen LogP contribution in [0.5, 0.6) is 0 Å². The summed E-state index contributed by atoms with van der Waals surface area (Å²) in [5.74, 6) is -4.82. The molecule has 2 aliphatic rings. The number of fused-ring (bicyclic) bond motifs is 2. The van der Waals surface area contributed by atoms with E-state index < -0.39 is 72.4 Å². The molecule has 4 aromatic rings. The Morgan fingerprint density at radius 2 is 1.53 bits per heavy atom. The minimum Gasteiger partial charge on any atom is -0.353 e. The molecule has 60 heavy (non-hydrogen) atoms. The maximum Gasteiger partial charge on any atom is 0.289 e. The summed E-state index contributed by atoms with van der Waals surface area (Å²) < 4.78 is 0. The zero-order chi connectivity index (χ0) is 43.5. The minimum absolute atomic E-state index is 0.0623. The quantitative estimate of drug-likeness (QED) is 0.109. The van der Waals surface area contributed by atoms with Gasteiger partial charge in [0.2, 0.25) is 29.4 Å². The Balaban J connectivity index is 0.00000129. The number of nitrogens with one attached hydrogen (secondary N) is 5. The first-order valence-corrected chi connectivity index (χ1v) is 20.1. The van der Waals surface area contributed by atoms with Gasteiger partial charge in [0.15, 0.2) is 0 Å². The monoisotopic (exact) mass is 835 g/mol. The Labute approximate surface area is 354 Å². The van der Waals surface area contributed by atoms with Crippen molar-refractivity contribution in [2.75, 3.05) is 33.7 Å². The van der Waals surface area contributed by atoms with Crippen molar-refractivity contribution in [1.82, 2.24) is 31.5 Å². The van der Waals surface area contributed by atoms with Crippen LogP contribution in [0.2, 0.25) is 5.02 Å². The zero-order valence-electron chi connectivity index (χ0n) is 34.0. The molecule has 314 valence electrons. The van der Waals surface area contributed by atoms with Crippen LogP contribution >= 0.6 is 11.6 Å². The molecule has 6 amide bonds. The highest BCUT2D eigenvalue weighted by atomic mass is 35.5. The third kappa shape index (κ3) is 11.0. The summed E-state index contributed by atoms with van der Waals surface area (Å²) in [4.78, 5) is 92.6. The van der Waals surface area contributed by atoms with Crippen LogP contribution in [0.25, 0.3) is 22.3 Å². The molecule has 3 atom stereocenters. The Morgan fingerprint density at radius 1 is 0.900 bits per heavy atom. The lowest BCUT2D eigenvalue weighted by Gasteiger charge is -2.28. The fourth-order valence-corrected chi connectivity index (χ4v) is 7.05. The van der Waals surface area contributed by atoms with Gasteiger partial charge in [-0.3, -0.25) is 33.6 Å². The average molecular weight is 836 g/mol. The number of halogens is 1. The Morgan fingerprint density at radius 3 is 2.15 bits per heavy atom. The number of carbonyl (C=O) groups is 7. The fourth-order valence-electron chi connectivity index (χ4n) is 6.92. The number of nitrogens with two attached hydrogens (primary N) is 1. The molecule has 0 fully saturated rings. The highest BCUT2D eigenvalue weighted by Gasteiger charge is 2.33. The Bertz CT molecular complexity index is 2260. The van der Waals surface area contributed by atoms with Gasteiger partial charge in [0, 0.05) is 31.1 Å². The lowest BCUT2D eigenvalue weighted by Crippen LogP contribution is -2.55. The maximum atomic E-state index is 13.9. The van der Waals surface area contributed by atoms with E-state index in [4.69, 9.17) is 17.3 Å². The molecule has 15 heteroatoms. The molecule has 1 aliphatic heterocycles. The first kappa shape index (κ1) is 44.7. The average Bonchev–Trinajstić information content (AvgIpc) is 3.61. The van der Waals surface area contributed by atoms with Crippen LogP contribution in [0, 0.1) is 0 Å². The number of nitrogens with zero attached hydrogens (tertiary/aromatic N) is 1. The van der Waals surface area contributed by atoms with Crippen LogP contribution in [0.3, 0.4) is 0 Å². The molecular weight excluding hydrogens is 786 g/mol. The molecule has 0 spiro atoms. The van der Waals surface area contributed by atoms with Crippen LogP contribution in [0.15, 0.2) is 84.9 Å². The lowest BCUT2D eigenvalue weighted by atomic mass is 9.95. The number of carbonyl (C=O) groups excluding carboxylic acids is 7. The SMILES string of the molecule is CCCCN.CNC(=O)C(=O)C(C)NC(=O)C1Cc2ccc3c(c2)-c2cc(ccc2C3)C(N(C)C(=O)CNC(=O)c2ccc(-c3ccc(Cl)cc3)cc2)C(=O)NCC(=O)N1. The maximum absolute atomic E-state index is 13.9. The van der Waals surface area contributed by atoms with Crippen LogP contribution < -0.4 is 32.3 Å². The summed E-state index contributed by atoms with van der Waals surface area (Å²) in [6.07, 6.45) is 3.08. The highest BCUT2D eigenvalue weighted by molar-refractivity contribution is 6.38. The smallest absolute Gasteiger partial charge is 0.289 e. The number of amides is 6. The molecule has 14 nitrogen and oxygen atoms in total. The van der Waals surface area contributed by atoms with Gasteiger partial charge < -0.3 is 37.2 Å². The highest BCUT2D eigenvalue weighted by Crippen LogP contribution is 2.39. The number of ketones is 1. The number of Topliss-reactive ketones (excluding diaryl/α,β-unsaturated/α-hetero) is 1. The van der Waals surface area contributed by atoms with E-state index in [0.29, 0.717) is 22.6 Å². The minimum atomic E-state index is -1.19. The Kier molecular flexibility index (Phi) is 15.3. The molecule has 1 heterocycles. The third-order valence-corrected chi connectivity index (χ3v) is 10.6. The number of unbranched alkanes of at least 4 members (excludes halogenated alkanes) is 1. The first-order chi connectivity index (χ1) is 28.7. The summed E-state index contributed by atoms with van der Waals surface area (Å²) in [7, 11) is 2.75. The molecule has 1 aliphatic carbocycles. The Hall–Kier alpha value is -6.38. The van der Waals surface area contributed by atoms with Gasteiger partial charge in [-0.25, -0.2) is 0 Å². The molecule has 4 aromatic carbocycles. The molecule has 3 unspecified atom stereocenters. The van der Waals surface area contributed by atoms with Gasteiger partial charge in [-0.2, -0.15) is 0 Å². The number of benzene rings is 4. The summed E-state index contributed by atoms with van der Waals surface area (Å²) >= 11 is 6.00. The van der Waals surface area contributed by atoms with E-state index in [-0.39, 0.29) is 6.42 Å². The van der Waals surface area contributed by atoms with E-state index in [1.807, 2.05) is 42.5 Å². The zero-order valence-corrected chi connectivity index (χ0v) is 34.8. The van der Waals surface area contributed by atoms with Crippen molar-refractivity contribution in [1.29, 1.82) is 0 Å². The largest absolute Gasteiger partial charge is 0.353 e. The predicted molar refractivity (Wildman–Crippen MR) is 229 cm³/mol. The summed E-state index contributed by atoms with van der Waals surface area (Å²) in [5, 5.41) is 13.2. The molecular formula is C45H50ClN7O7. The normalized spacial score (nSPS) is 15.8. The molecule has 0 radical (unpaired) electrons. The van der Waals surface area contributed by atoms with Gasteiger partial charge in [-0.05, 0) is 101 Å². The molecule has 0 saturated heterocycles. The van der Waals surface area contributed by atoms with Crippen molar-refractivity contribution in [3.8, 4) is 22.3 Å². The van der Waals surface area contributed by atoms with Crippen molar-refractivity contribution in [3.05, 3.63) is 118 Å². The molecule has 0 aromatic heterocycles. The molecule has 7 N–H and O–H groups in total. The van der Waals surface area contributed by atoms with E-state index in [9.17, 15) is 33.6 Å². The lowest BCUT2D eigenvalue weighted by molar-refractivity contribution is -0.140. The standard InChI is InChI=1S/C41H39ClN6O7.C4H11N/c1-22(37(51)41(55)43-2)46-39(53)33-17-23-4-5-27-18-28-10-11-29(19-32(28)31(27)16-23)36(40(54)44-20-34(49)47-33)48(3)35(50)21-45-38(52)26-8-6-24(7-9-26)25-12-14-30(42)15-13-25;1-2-3-4-5/h4-16,19,22,33,36H,17-18,20-21H2,1-3H3,(H,43,55)(H,44,54)(H,45,52)(H,46,53)(H,47,49);2-5H2,1H3. The van der Waals surface area contributed by atoms with Gasteiger partial charge in [0.1, 0.15) is 12.1 Å². The molecule has 4 bridgehead atoms. The van der Waals surface area contributed by atoms with E-state index >= 15 is 0 Å². The summed E-state index contributed by atoms with van der Waals surface area (Å²) in [5.41, 5.74) is 12.3. The molecule has 0 saturated carbocycles. The second-order valence-electron chi connectivity index (χ2n) is 14.6. The van der Waals surface area contributed by atoms with E-state index in [0.717, 1.165) is 45.5 Å². The van der Waals surface area contributed by atoms with Crippen molar-refractivity contribution < 1.29 is 33.6 Å². The van der Waals surface area contributed by atoms with Crippen LogP contribution in [-0.2, 0) is 41.6 Å². The predicted octanol–water partition coefficient (Wildman–Crippen LogP) is 3.23. The topological polar surface area (TPSA) is 209 Å². The van der Waals surface area contributed by atoms with Crippen molar-refractivity contribution in [2.24, 2.45) is 5.73 Å². The van der Waals surface area contributed by atoms with Gasteiger partial charge >= 0.3 is 0 Å². The fraction of sp³-hybridized carbons (Fsp3) is 0.311. The van der Waals surface area contributed by atoms with Crippen LogP contribution in [-0.4, -0.2) is 91.9 Å². The van der Waals surface area contributed by atoms with Gasteiger partial charge in [0.05, 0.1) is 19.1 Å². The second kappa shape index (κ2) is 20.5. The summed E-state index contributed by atoms with van der Waals surface area (Å²) in [6.45, 7) is 3.40. The summed E-state index contributed by atoms with van der Waals surface area (Å²) in [6, 6.07) is 21.9. The number of likely N-dealkylation sites (N-methyl/N-ethyl adjacent to an activating group) is 2. The van der Waals surface area contributed by atoms with E-state index in [2.05, 4.69) is 33.5 Å². The molecule has 6 rings (SSSR count). The van der Waals surface area contributed by atoms with Crippen LogP contribution in [0.1, 0.15) is 65.3 Å².